The summed E-state index contributed by atoms with van der Waals surface area (Å²) in [5.41, 5.74) is 2.48. The number of carbonyl (C=O) groups is 2. The van der Waals surface area contributed by atoms with Crippen molar-refractivity contribution in [2.45, 2.75) is 26.0 Å². The van der Waals surface area contributed by atoms with Gasteiger partial charge < -0.3 is 20.1 Å². The molecule has 2 aromatic carbocycles. The first-order chi connectivity index (χ1) is 13.0. The zero-order valence-electron chi connectivity index (χ0n) is 14.3. The number of ether oxygens (including phenoxy) is 2. The lowest BCUT2D eigenvalue weighted by Gasteiger charge is -2.17. The van der Waals surface area contributed by atoms with Crippen molar-refractivity contribution in [1.29, 1.82) is 0 Å². The van der Waals surface area contributed by atoms with Crippen LogP contribution in [0.25, 0.3) is 0 Å². The molecule has 8 heteroatoms. The average Bonchev–Trinajstić information content (AvgIpc) is 2.65. The lowest BCUT2D eigenvalue weighted by atomic mass is 10.0. The van der Waals surface area contributed by atoms with E-state index in [4.69, 9.17) is 4.74 Å². The van der Waals surface area contributed by atoms with Crippen LogP contribution in [0.1, 0.15) is 17.5 Å². The average molecular weight is 376 g/mol. The number of fused-ring (bicyclic) bond motifs is 1. The Bertz CT molecular complexity index is 825. The van der Waals surface area contributed by atoms with Crippen molar-refractivity contribution in [3.8, 4) is 11.5 Å². The summed E-state index contributed by atoms with van der Waals surface area (Å²) in [5.74, 6) is 0.291. The molecule has 0 radical (unpaired) electrons. The van der Waals surface area contributed by atoms with Gasteiger partial charge in [0.1, 0.15) is 11.5 Å². The Morgan fingerprint density at radius 1 is 1.11 bits per heavy atom. The second-order valence-electron chi connectivity index (χ2n) is 5.95. The molecule has 2 aromatic rings. The summed E-state index contributed by atoms with van der Waals surface area (Å²) in [7, 11) is 0. The van der Waals surface area contributed by atoms with Gasteiger partial charge >= 0.3 is 6.61 Å². The Labute approximate surface area is 154 Å². The van der Waals surface area contributed by atoms with E-state index < -0.39 is 6.61 Å². The number of carbonyl (C=O) groups excluding carboxylic acids is 2. The summed E-state index contributed by atoms with van der Waals surface area (Å²) in [6.45, 7) is -2.78. The third kappa shape index (κ3) is 5.40. The van der Waals surface area contributed by atoms with Crippen LogP contribution in [0.4, 0.5) is 14.5 Å². The van der Waals surface area contributed by atoms with E-state index in [0.29, 0.717) is 18.6 Å². The van der Waals surface area contributed by atoms with E-state index in [1.54, 1.807) is 24.3 Å². The Morgan fingerprint density at radius 3 is 2.59 bits per heavy atom. The number of hydrogen-bond donors (Lipinski definition) is 2. The largest absolute Gasteiger partial charge is 0.484 e. The highest BCUT2D eigenvalue weighted by Gasteiger charge is 2.15. The van der Waals surface area contributed by atoms with Crippen LogP contribution in [0.5, 0.6) is 11.5 Å². The van der Waals surface area contributed by atoms with Crippen LogP contribution in [0.3, 0.4) is 0 Å². The van der Waals surface area contributed by atoms with Gasteiger partial charge in [0.25, 0.3) is 5.91 Å². The van der Waals surface area contributed by atoms with Gasteiger partial charge in [-0.15, -0.1) is 0 Å². The molecule has 2 amide bonds. The minimum Gasteiger partial charge on any atom is -0.484 e. The van der Waals surface area contributed by atoms with Gasteiger partial charge in [-0.05, 0) is 47.9 Å². The molecular formula is C19H18F2N2O4. The molecule has 142 valence electrons. The number of amides is 2. The minimum atomic E-state index is -2.87. The lowest BCUT2D eigenvalue weighted by molar-refractivity contribution is -0.123. The monoisotopic (exact) mass is 376 g/mol. The predicted molar refractivity (Wildman–Crippen MR) is 93.8 cm³/mol. The SMILES string of the molecule is O=C(COc1ccc2c(c1)CCC(=O)N2)NCc1ccc(OC(F)F)cc1. The number of anilines is 1. The van der Waals surface area contributed by atoms with Gasteiger partial charge in [-0.3, -0.25) is 9.59 Å². The topological polar surface area (TPSA) is 76.7 Å². The van der Waals surface area contributed by atoms with Gasteiger partial charge in [0.05, 0.1) is 0 Å². The highest BCUT2D eigenvalue weighted by molar-refractivity contribution is 5.94. The Hall–Kier alpha value is -3.16. The van der Waals surface area contributed by atoms with Gasteiger partial charge in [0, 0.05) is 18.7 Å². The van der Waals surface area contributed by atoms with Crippen molar-refractivity contribution in [1.82, 2.24) is 5.32 Å². The van der Waals surface area contributed by atoms with Crippen molar-refractivity contribution in [3.05, 3.63) is 53.6 Å². The van der Waals surface area contributed by atoms with E-state index in [1.807, 2.05) is 6.07 Å². The molecule has 0 unspecified atom stereocenters. The summed E-state index contributed by atoms with van der Waals surface area (Å²) in [6.07, 6.45) is 1.06. The third-order valence-electron chi connectivity index (χ3n) is 3.98. The molecule has 3 rings (SSSR count). The highest BCUT2D eigenvalue weighted by Crippen LogP contribution is 2.26. The van der Waals surface area contributed by atoms with Crippen LogP contribution in [-0.4, -0.2) is 25.0 Å². The molecule has 6 nitrogen and oxygen atoms in total. The maximum Gasteiger partial charge on any atom is 0.387 e. The molecule has 0 aliphatic carbocycles. The third-order valence-corrected chi connectivity index (χ3v) is 3.98. The predicted octanol–water partition coefficient (Wildman–Crippen LogP) is 2.87. The first-order valence-corrected chi connectivity index (χ1v) is 8.35. The van der Waals surface area contributed by atoms with E-state index in [2.05, 4.69) is 15.4 Å². The van der Waals surface area contributed by atoms with Crippen LogP contribution < -0.4 is 20.1 Å². The Kier molecular flexibility index (Phi) is 5.85. The number of alkyl halides is 2. The molecule has 0 bridgehead atoms. The molecule has 0 fully saturated rings. The molecule has 2 N–H and O–H groups in total. The van der Waals surface area contributed by atoms with E-state index in [1.165, 1.54) is 12.1 Å². The zero-order chi connectivity index (χ0) is 19.2. The van der Waals surface area contributed by atoms with Crippen LogP contribution in [-0.2, 0) is 22.6 Å². The van der Waals surface area contributed by atoms with E-state index in [0.717, 1.165) is 16.8 Å². The maximum atomic E-state index is 12.1. The first-order valence-electron chi connectivity index (χ1n) is 8.35. The standard InChI is InChI=1S/C19H18F2N2O4/c20-19(21)27-14-4-1-12(2-5-14)10-22-18(25)11-26-15-6-7-16-13(9-15)3-8-17(24)23-16/h1-2,4-7,9,19H,3,8,10-11H2,(H,22,25)(H,23,24). The van der Waals surface area contributed by atoms with Crippen LogP contribution in [0.15, 0.2) is 42.5 Å². The van der Waals surface area contributed by atoms with Crippen molar-refractivity contribution in [2.24, 2.45) is 0 Å². The van der Waals surface area contributed by atoms with Gasteiger partial charge in [0.15, 0.2) is 6.61 Å². The lowest BCUT2D eigenvalue weighted by Crippen LogP contribution is -2.28. The molecule has 0 spiro atoms. The van der Waals surface area contributed by atoms with Crippen molar-refractivity contribution in [2.75, 3.05) is 11.9 Å². The Morgan fingerprint density at radius 2 is 1.85 bits per heavy atom. The molecule has 27 heavy (non-hydrogen) atoms. The van der Waals surface area contributed by atoms with Gasteiger partial charge in [-0.1, -0.05) is 12.1 Å². The molecule has 0 saturated heterocycles. The van der Waals surface area contributed by atoms with Gasteiger partial charge in [-0.25, -0.2) is 0 Å². The fraction of sp³-hybridized carbons (Fsp3) is 0.263. The number of nitrogens with one attached hydrogen (secondary N) is 2. The quantitative estimate of drug-likeness (QED) is 0.779. The van der Waals surface area contributed by atoms with Crippen molar-refractivity contribution < 1.29 is 27.8 Å². The number of halogens is 2. The second-order valence-corrected chi connectivity index (χ2v) is 5.95. The zero-order valence-corrected chi connectivity index (χ0v) is 14.3. The number of aryl methyl sites for hydroxylation is 1. The fourth-order valence-corrected chi connectivity index (χ4v) is 2.64. The molecule has 0 aromatic heterocycles. The summed E-state index contributed by atoms with van der Waals surface area (Å²) < 4.78 is 33.9. The fourth-order valence-electron chi connectivity index (χ4n) is 2.64. The van der Waals surface area contributed by atoms with Crippen molar-refractivity contribution >= 4 is 17.5 Å². The second kappa shape index (κ2) is 8.48. The molecular weight excluding hydrogens is 358 g/mol. The summed E-state index contributed by atoms with van der Waals surface area (Å²) >= 11 is 0. The van der Waals surface area contributed by atoms with E-state index in [9.17, 15) is 18.4 Å². The summed E-state index contributed by atoms with van der Waals surface area (Å²) in [4.78, 5) is 23.3. The smallest absolute Gasteiger partial charge is 0.387 e. The van der Waals surface area contributed by atoms with Crippen LogP contribution >= 0.6 is 0 Å². The summed E-state index contributed by atoms with van der Waals surface area (Å²) in [6, 6.07) is 11.3. The highest BCUT2D eigenvalue weighted by atomic mass is 19.3. The van der Waals surface area contributed by atoms with E-state index in [-0.39, 0.29) is 30.7 Å². The van der Waals surface area contributed by atoms with Crippen LogP contribution in [0.2, 0.25) is 0 Å². The molecule has 1 aliphatic heterocycles. The molecule has 1 heterocycles. The number of rotatable bonds is 7. The normalized spacial score (nSPS) is 12.9. The molecule has 0 saturated carbocycles. The first kappa shape index (κ1) is 18.6. The number of hydrogen-bond acceptors (Lipinski definition) is 4. The number of benzene rings is 2. The maximum absolute atomic E-state index is 12.1. The van der Waals surface area contributed by atoms with Gasteiger partial charge in [0.2, 0.25) is 5.91 Å². The van der Waals surface area contributed by atoms with Crippen molar-refractivity contribution in [3.63, 3.8) is 0 Å². The molecule has 0 atom stereocenters. The Balaban J connectivity index is 1.45. The van der Waals surface area contributed by atoms with Gasteiger partial charge in [-0.2, -0.15) is 8.78 Å². The molecule has 1 aliphatic rings. The van der Waals surface area contributed by atoms with E-state index >= 15 is 0 Å². The van der Waals surface area contributed by atoms with Crippen LogP contribution in [0, 0.1) is 0 Å². The minimum absolute atomic E-state index is 0.00986. The summed E-state index contributed by atoms with van der Waals surface area (Å²) in [5, 5.41) is 5.47.